The summed E-state index contributed by atoms with van der Waals surface area (Å²) in [7, 11) is 1.39. The number of hydrogen-bond acceptors (Lipinski definition) is 3. The van der Waals surface area contributed by atoms with Crippen molar-refractivity contribution < 1.29 is 23.0 Å². The first-order chi connectivity index (χ1) is 12.3. The Kier molecular flexibility index (Phi) is 4.40. The maximum absolute atomic E-state index is 13.1. The molecule has 0 radical (unpaired) electrons. The van der Waals surface area contributed by atoms with Crippen molar-refractivity contribution in [3.05, 3.63) is 18.2 Å². The molecule has 0 heterocycles. The summed E-state index contributed by atoms with van der Waals surface area (Å²) in [6.07, 6.45) is 6.19. The molecule has 0 spiro atoms. The minimum atomic E-state index is -2.95. The molecule has 0 aromatic heterocycles. The highest BCUT2D eigenvalue weighted by molar-refractivity contribution is 9.10. The van der Waals surface area contributed by atoms with E-state index >= 15 is 0 Å². The first-order valence-electron chi connectivity index (χ1n) is 8.94. The predicted octanol–water partition coefficient (Wildman–Crippen LogP) is 4.97. The first-order valence-corrected chi connectivity index (χ1v) is 9.73. The van der Waals surface area contributed by atoms with Crippen LogP contribution in [0.1, 0.15) is 38.5 Å². The van der Waals surface area contributed by atoms with E-state index < -0.39 is 6.61 Å². The van der Waals surface area contributed by atoms with Gasteiger partial charge in [-0.1, -0.05) is 15.9 Å². The molecule has 4 bridgehead atoms. The zero-order valence-corrected chi connectivity index (χ0v) is 16.2. The second-order valence-electron chi connectivity index (χ2n) is 8.09. The summed E-state index contributed by atoms with van der Waals surface area (Å²) >= 11 is 3.90. The van der Waals surface area contributed by atoms with Gasteiger partial charge in [0.05, 0.1) is 12.5 Å². The van der Waals surface area contributed by atoms with Crippen LogP contribution in [0.15, 0.2) is 18.2 Å². The van der Waals surface area contributed by atoms with E-state index in [1.165, 1.54) is 25.7 Å². The molecule has 2 atom stereocenters. The number of methoxy groups -OCH3 is 1. The zero-order valence-electron chi connectivity index (χ0n) is 14.6. The van der Waals surface area contributed by atoms with Crippen molar-refractivity contribution in [3.63, 3.8) is 0 Å². The van der Waals surface area contributed by atoms with E-state index in [2.05, 4.69) is 26.0 Å². The van der Waals surface area contributed by atoms with Gasteiger partial charge in [0, 0.05) is 16.1 Å². The van der Waals surface area contributed by atoms with Crippen LogP contribution in [0.4, 0.5) is 14.5 Å². The lowest BCUT2D eigenvalue weighted by Gasteiger charge is -2.59. The number of alkyl halides is 3. The van der Waals surface area contributed by atoms with Crippen LogP contribution in [-0.4, -0.2) is 24.0 Å². The number of carbonyl (C=O) groups is 1. The highest BCUT2D eigenvalue weighted by Crippen LogP contribution is 2.64. The number of amides is 1. The van der Waals surface area contributed by atoms with Gasteiger partial charge in [-0.2, -0.15) is 8.78 Å². The molecule has 5 rings (SSSR count). The van der Waals surface area contributed by atoms with Gasteiger partial charge in [0.15, 0.2) is 11.5 Å². The number of anilines is 1. The van der Waals surface area contributed by atoms with Crippen LogP contribution in [0.2, 0.25) is 0 Å². The smallest absolute Gasteiger partial charge is 0.387 e. The van der Waals surface area contributed by atoms with Gasteiger partial charge in [0.1, 0.15) is 0 Å². The predicted molar refractivity (Wildman–Crippen MR) is 97.0 cm³/mol. The average Bonchev–Trinajstić information content (AvgIpc) is 2.52. The van der Waals surface area contributed by atoms with Gasteiger partial charge in [-0.15, -0.1) is 0 Å². The normalized spacial score (nSPS) is 34.8. The number of nitrogens with one attached hydrogen (secondary N) is 1. The van der Waals surface area contributed by atoms with Crippen molar-refractivity contribution >= 4 is 27.5 Å². The molecule has 1 N–H and O–H groups in total. The van der Waals surface area contributed by atoms with Gasteiger partial charge in [-0.3, -0.25) is 4.79 Å². The number of carbonyl (C=O) groups excluding carboxylic acids is 1. The minimum Gasteiger partial charge on any atom is -0.493 e. The van der Waals surface area contributed by atoms with E-state index in [4.69, 9.17) is 4.74 Å². The molecule has 4 aliphatic carbocycles. The Labute approximate surface area is 159 Å². The summed E-state index contributed by atoms with van der Waals surface area (Å²) in [6.45, 7) is -2.95. The van der Waals surface area contributed by atoms with E-state index in [0.717, 1.165) is 32.1 Å². The molecule has 26 heavy (non-hydrogen) atoms. The second-order valence-corrected chi connectivity index (χ2v) is 9.77. The van der Waals surface area contributed by atoms with Crippen molar-refractivity contribution in [2.75, 3.05) is 12.4 Å². The van der Waals surface area contributed by atoms with E-state index in [1.807, 2.05) is 0 Å². The summed E-state index contributed by atoms with van der Waals surface area (Å²) in [6, 6.07) is 4.58. The van der Waals surface area contributed by atoms with Crippen molar-refractivity contribution in [3.8, 4) is 11.5 Å². The monoisotopic (exact) mass is 429 g/mol. The highest BCUT2D eigenvalue weighted by Gasteiger charge is 2.59. The molecular weight excluding hydrogens is 408 g/mol. The number of benzene rings is 1. The van der Waals surface area contributed by atoms with Crippen LogP contribution in [0.3, 0.4) is 0 Å². The molecular formula is C19H22BrF2NO3. The SMILES string of the molecule is COc1ccc(NC(=O)C23CC4CC(CC(Br)(C4)C2)C3)cc1OC(F)F. The molecule has 4 fully saturated rings. The van der Waals surface area contributed by atoms with E-state index in [0.29, 0.717) is 17.5 Å². The lowest BCUT2D eigenvalue weighted by molar-refractivity contribution is -0.138. The van der Waals surface area contributed by atoms with Crippen LogP contribution < -0.4 is 14.8 Å². The topological polar surface area (TPSA) is 47.6 Å². The largest absolute Gasteiger partial charge is 0.493 e. The zero-order chi connectivity index (χ0) is 18.5. The quantitative estimate of drug-likeness (QED) is 0.672. The van der Waals surface area contributed by atoms with E-state index in [1.54, 1.807) is 6.07 Å². The number of hydrogen-bond donors (Lipinski definition) is 1. The standard InChI is InChI=1S/C19H22BrF2NO3/c1-25-14-3-2-13(5-15(14)26-17(21)22)23-16(24)18-6-11-4-12(7-18)9-19(20,8-11)10-18/h2-3,5,11-12,17H,4,6-10H2,1H3,(H,23,24). The average molecular weight is 430 g/mol. The summed E-state index contributed by atoms with van der Waals surface area (Å²) in [5.74, 6) is 1.30. The first kappa shape index (κ1) is 18.0. The Balaban J connectivity index is 1.55. The number of halogens is 3. The molecule has 1 amide bonds. The van der Waals surface area contributed by atoms with Crippen molar-refractivity contribution in [1.82, 2.24) is 0 Å². The van der Waals surface area contributed by atoms with Crippen LogP contribution >= 0.6 is 15.9 Å². The molecule has 0 aliphatic heterocycles. The molecule has 7 heteroatoms. The van der Waals surface area contributed by atoms with Gasteiger partial charge in [0.25, 0.3) is 0 Å². The fourth-order valence-electron chi connectivity index (χ4n) is 5.62. The van der Waals surface area contributed by atoms with E-state index in [9.17, 15) is 13.6 Å². The maximum Gasteiger partial charge on any atom is 0.387 e. The third-order valence-electron chi connectivity index (χ3n) is 6.11. The summed E-state index contributed by atoms with van der Waals surface area (Å²) < 4.78 is 34.8. The second kappa shape index (κ2) is 6.36. The number of rotatable bonds is 5. The molecule has 0 saturated heterocycles. The summed E-state index contributed by atoms with van der Waals surface area (Å²) in [4.78, 5) is 13.1. The Hall–Kier alpha value is -1.37. The molecule has 1 aromatic rings. The third kappa shape index (κ3) is 3.19. The molecule has 4 saturated carbocycles. The highest BCUT2D eigenvalue weighted by atomic mass is 79.9. The Morgan fingerprint density at radius 1 is 1.23 bits per heavy atom. The summed E-state index contributed by atoms with van der Waals surface area (Å²) in [5.41, 5.74) is 0.0860. The molecule has 142 valence electrons. The molecule has 2 unspecified atom stereocenters. The van der Waals surface area contributed by atoms with Gasteiger partial charge >= 0.3 is 6.61 Å². The molecule has 4 nitrogen and oxygen atoms in total. The maximum atomic E-state index is 13.1. The molecule has 4 aliphatic rings. The van der Waals surface area contributed by atoms with Crippen molar-refractivity contribution in [2.24, 2.45) is 17.3 Å². The van der Waals surface area contributed by atoms with E-state index in [-0.39, 0.29) is 27.1 Å². The van der Waals surface area contributed by atoms with Gasteiger partial charge < -0.3 is 14.8 Å². The third-order valence-corrected chi connectivity index (χ3v) is 7.04. The van der Waals surface area contributed by atoms with Gasteiger partial charge in [-0.05, 0) is 62.5 Å². The lowest BCUT2D eigenvalue weighted by atomic mass is 9.49. The Morgan fingerprint density at radius 2 is 1.92 bits per heavy atom. The van der Waals surface area contributed by atoms with Gasteiger partial charge in [0.2, 0.25) is 5.91 Å². The van der Waals surface area contributed by atoms with Crippen molar-refractivity contribution in [1.29, 1.82) is 0 Å². The van der Waals surface area contributed by atoms with Crippen LogP contribution in [-0.2, 0) is 4.79 Å². The van der Waals surface area contributed by atoms with Crippen LogP contribution in [0, 0.1) is 17.3 Å². The fraction of sp³-hybridized carbons (Fsp3) is 0.632. The number of ether oxygens (including phenoxy) is 2. The van der Waals surface area contributed by atoms with Crippen molar-refractivity contribution in [2.45, 2.75) is 49.5 Å². The molecule has 1 aromatic carbocycles. The lowest BCUT2D eigenvalue weighted by Crippen LogP contribution is -2.57. The van der Waals surface area contributed by atoms with Crippen LogP contribution in [0.5, 0.6) is 11.5 Å². The fourth-order valence-corrected chi connectivity index (χ4v) is 7.08. The minimum absolute atomic E-state index is 0.0106. The van der Waals surface area contributed by atoms with Crippen LogP contribution in [0.25, 0.3) is 0 Å². The summed E-state index contributed by atoms with van der Waals surface area (Å²) in [5, 5.41) is 2.94. The van der Waals surface area contributed by atoms with Gasteiger partial charge in [-0.25, -0.2) is 0 Å². The Bertz CT molecular complexity index is 713. The Morgan fingerprint density at radius 3 is 2.50 bits per heavy atom.